The summed E-state index contributed by atoms with van der Waals surface area (Å²) in [4.78, 5) is 11.2. The van der Waals surface area contributed by atoms with Gasteiger partial charge in [0.2, 0.25) is 5.91 Å². The Morgan fingerprint density at radius 1 is 1.10 bits per heavy atom. The lowest BCUT2D eigenvalue weighted by Gasteiger charge is -2.12. The van der Waals surface area contributed by atoms with E-state index in [-0.39, 0.29) is 11.3 Å². The molecule has 0 bridgehead atoms. The molecule has 0 heterocycles. The summed E-state index contributed by atoms with van der Waals surface area (Å²) in [6.45, 7) is 1.88. The summed E-state index contributed by atoms with van der Waals surface area (Å²) >= 11 is 0. The number of rotatable bonds is 5. The third-order valence-corrected chi connectivity index (χ3v) is 4.34. The normalized spacial score (nSPS) is 11.1. The molecule has 0 unspecified atom stereocenters. The average Bonchev–Trinajstić information content (AvgIpc) is 2.40. The Morgan fingerprint density at radius 2 is 1.71 bits per heavy atom. The minimum Gasteiger partial charge on any atom is -0.369 e. The number of carbonyl (C=O) groups is 1. The van der Waals surface area contributed by atoms with Crippen LogP contribution in [0.5, 0.6) is 0 Å². The zero-order valence-corrected chi connectivity index (χ0v) is 12.4. The van der Waals surface area contributed by atoms with E-state index in [1.807, 2.05) is 6.92 Å². The van der Waals surface area contributed by atoms with Gasteiger partial charge in [-0.2, -0.15) is 0 Å². The number of aryl methyl sites for hydroxylation is 1. The van der Waals surface area contributed by atoms with Crippen molar-refractivity contribution in [2.45, 2.75) is 18.2 Å². The van der Waals surface area contributed by atoms with E-state index >= 15 is 0 Å². The van der Waals surface area contributed by atoms with Crippen LogP contribution in [0.3, 0.4) is 0 Å². The molecule has 2 aromatic carbocycles. The molecule has 0 radical (unpaired) electrons. The maximum Gasteiger partial charge on any atom is 0.261 e. The second kappa shape index (κ2) is 5.97. The Bertz CT molecular complexity index is 753. The number of amides is 1. The van der Waals surface area contributed by atoms with Crippen LogP contribution >= 0.6 is 0 Å². The van der Waals surface area contributed by atoms with Crippen LogP contribution in [-0.4, -0.2) is 14.3 Å². The van der Waals surface area contributed by atoms with E-state index in [9.17, 15) is 13.2 Å². The first-order chi connectivity index (χ1) is 9.88. The van der Waals surface area contributed by atoms with Gasteiger partial charge in [-0.1, -0.05) is 35.9 Å². The molecule has 0 aliphatic heterocycles. The molecule has 0 aromatic heterocycles. The van der Waals surface area contributed by atoms with Crippen LogP contribution in [0, 0.1) is 6.92 Å². The standard InChI is InChI=1S/C15H16N2O3S/c1-11-6-8-13(9-7-11)21(19,20)17-14-5-3-2-4-12(14)10-15(16)18/h2-9,17H,10H2,1H3,(H2,16,18). The van der Waals surface area contributed by atoms with E-state index < -0.39 is 15.9 Å². The van der Waals surface area contributed by atoms with E-state index in [0.29, 0.717) is 11.3 Å². The van der Waals surface area contributed by atoms with Crippen molar-refractivity contribution in [2.75, 3.05) is 4.72 Å². The van der Waals surface area contributed by atoms with Gasteiger partial charge in [0.15, 0.2) is 0 Å². The Balaban J connectivity index is 2.33. The molecule has 6 heteroatoms. The number of primary amides is 1. The van der Waals surface area contributed by atoms with Gasteiger partial charge in [-0.25, -0.2) is 8.42 Å². The smallest absolute Gasteiger partial charge is 0.261 e. The van der Waals surface area contributed by atoms with Crippen molar-refractivity contribution >= 4 is 21.6 Å². The minimum atomic E-state index is -3.69. The lowest BCUT2D eigenvalue weighted by atomic mass is 10.1. The van der Waals surface area contributed by atoms with Crippen LogP contribution in [0.2, 0.25) is 0 Å². The van der Waals surface area contributed by atoms with Crippen LogP contribution in [0.4, 0.5) is 5.69 Å². The van der Waals surface area contributed by atoms with Crippen molar-refractivity contribution in [3.05, 3.63) is 59.7 Å². The SMILES string of the molecule is Cc1ccc(S(=O)(=O)Nc2ccccc2CC(N)=O)cc1. The van der Waals surface area contributed by atoms with Gasteiger partial charge in [-0.3, -0.25) is 9.52 Å². The van der Waals surface area contributed by atoms with Crippen molar-refractivity contribution in [2.24, 2.45) is 5.73 Å². The highest BCUT2D eigenvalue weighted by Crippen LogP contribution is 2.20. The summed E-state index contributed by atoms with van der Waals surface area (Å²) in [6, 6.07) is 13.2. The molecule has 0 fully saturated rings. The van der Waals surface area contributed by atoms with E-state index in [4.69, 9.17) is 5.73 Å². The van der Waals surface area contributed by atoms with Crippen molar-refractivity contribution < 1.29 is 13.2 Å². The van der Waals surface area contributed by atoms with Gasteiger partial charge in [0.25, 0.3) is 10.0 Å². The highest BCUT2D eigenvalue weighted by Gasteiger charge is 2.16. The Hall–Kier alpha value is -2.34. The molecule has 0 saturated carbocycles. The fourth-order valence-corrected chi connectivity index (χ4v) is 2.98. The fourth-order valence-electron chi connectivity index (χ4n) is 1.88. The van der Waals surface area contributed by atoms with Crippen molar-refractivity contribution in [1.29, 1.82) is 0 Å². The number of anilines is 1. The zero-order chi connectivity index (χ0) is 15.5. The summed E-state index contributed by atoms with van der Waals surface area (Å²) in [6.07, 6.45) is -0.0212. The lowest BCUT2D eigenvalue weighted by molar-refractivity contribution is -0.117. The highest BCUT2D eigenvalue weighted by atomic mass is 32.2. The molecule has 5 nitrogen and oxygen atoms in total. The van der Waals surface area contributed by atoms with Crippen LogP contribution in [-0.2, 0) is 21.2 Å². The molecule has 0 spiro atoms. The maximum absolute atomic E-state index is 12.3. The first-order valence-corrected chi connectivity index (χ1v) is 7.82. The van der Waals surface area contributed by atoms with E-state index in [0.717, 1.165) is 5.56 Å². The number of sulfonamides is 1. The molecular weight excluding hydrogens is 288 g/mol. The topological polar surface area (TPSA) is 89.3 Å². The first-order valence-electron chi connectivity index (χ1n) is 6.34. The monoisotopic (exact) mass is 304 g/mol. The zero-order valence-electron chi connectivity index (χ0n) is 11.5. The quantitative estimate of drug-likeness (QED) is 0.883. The third-order valence-electron chi connectivity index (χ3n) is 2.96. The molecule has 0 saturated heterocycles. The van der Waals surface area contributed by atoms with E-state index in [1.165, 1.54) is 12.1 Å². The van der Waals surface area contributed by atoms with Crippen molar-refractivity contribution in [3.8, 4) is 0 Å². The summed E-state index contributed by atoms with van der Waals surface area (Å²) in [5.41, 5.74) is 7.04. The summed E-state index contributed by atoms with van der Waals surface area (Å²) < 4.78 is 27.1. The molecule has 0 aliphatic carbocycles. The van der Waals surface area contributed by atoms with Gasteiger partial charge in [0, 0.05) is 0 Å². The Labute approximate surface area is 123 Å². The predicted molar refractivity (Wildman–Crippen MR) is 81.3 cm³/mol. The molecule has 1 amide bonds. The van der Waals surface area contributed by atoms with Gasteiger partial charge >= 0.3 is 0 Å². The van der Waals surface area contributed by atoms with Crippen LogP contribution < -0.4 is 10.5 Å². The number of hydrogen-bond donors (Lipinski definition) is 2. The van der Waals surface area contributed by atoms with Gasteiger partial charge < -0.3 is 5.73 Å². The van der Waals surface area contributed by atoms with E-state index in [2.05, 4.69) is 4.72 Å². The molecule has 2 rings (SSSR count). The van der Waals surface area contributed by atoms with Crippen LogP contribution in [0.1, 0.15) is 11.1 Å². The number of carbonyl (C=O) groups excluding carboxylic acids is 1. The summed E-state index contributed by atoms with van der Waals surface area (Å²) in [5, 5.41) is 0. The van der Waals surface area contributed by atoms with Gasteiger partial charge in [-0.05, 0) is 30.7 Å². The summed E-state index contributed by atoms with van der Waals surface area (Å²) in [5.74, 6) is -0.517. The first kappa shape index (κ1) is 15.1. The van der Waals surface area contributed by atoms with Crippen molar-refractivity contribution in [1.82, 2.24) is 0 Å². The lowest BCUT2D eigenvalue weighted by Crippen LogP contribution is -2.18. The van der Waals surface area contributed by atoms with E-state index in [1.54, 1.807) is 36.4 Å². The van der Waals surface area contributed by atoms with Gasteiger partial charge in [0.05, 0.1) is 17.0 Å². The summed E-state index contributed by atoms with van der Waals surface area (Å²) in [7, 11) is -3.69. The molecular formula is C15H16N2O3S. The van der Waals surface area contributed by atoms with Gasteiger partial charge in [0.1, 0.15) is 0 Å². The van der Waals surface area contributed by atoms with Crippen molar-refractivity contribution in [3.63, 3.8) is 0 Å². The Kier molecular flexibility index (Phi) is 4.28. The predicted octanol–water partition coefficient (Wildman–Crippen LogP) is 1.82. The number of para-hydroxylation sites is 1. The minimum absolute atomic E-state index is 0.0212. The Morgan fingerprint density at radius 3 is 2.33 bits per heavy atom. The van der Waals surface area contributed by atoms with Crippen LogP contribution in [0.15, 0.2) is 53.4 Å². The molecule has 0 atom stereocenters. The number of nitrogens with two attached hydrogens (primary N) is 1. The average molecular weight is 304 g/mol. The second-order valence-electron chi connectivity index (χ2n) is 4.72. The second-order valence-corrected chi connectivity index (χ2v) is 6.40. The van der Waals surface area contributed by atoms with Crippen LogP contribution in [0.25, 0.3) is 0 Å². The van der Waals surface area contributed by atoms with Gasteiger partial charge in [-0.15, -0.1) is 0 Å². The number of benzene rings is 2. The third kappa shape index (κ3) is 3.82. The highest BCUT2D eigenvalue weighted by molar-refractivity contribution is 7.92. The molecule has 3 N–H and O–H groups in total. The molecule has 21 heavy (non-hydrogen) atoms. The number of hydrogen-bond acceptors (Lipinski definition) is 3. The largest absolute Gasteiger partial charge is 0.369 e. The molecule has 2 aromatic rings. The fraction of sp³-hybridized carbons (Fsp3) is 0.133. The number of nitrogens with one attached hydrogen (secondary N) is 1. The molecule has 0 aliphatic rings. The maximum atomic E-state index is 12.3. The molecule has 110 valence electrons.